The first-order valence-electron chi connectivity index (χ1n) is 9.42. The number of carbonyl (C=O) groups is 1. The predicted molar refractivity (Wildman–Crippen MR) is 110 cm³/mol. The summed E-state index contributed by atoms with van der Waals surface area (Å²) in [6.45, 7) is 2.87. The van der Waals surface area contributed by atoms with Gasteiger partial charge in [-0.25, -0.2) is 4.98 Å². The van der Waals surface area contributed by atoms with E-state index in [4.69, 9.17) is 4.98 Å². The van der Waals surface area contributed by atoms with Gasteiger partial charge in [-0.05, 0) is 43.5 Å². The Hall–Kier alpha value is -2.66. The molecule has 3 heterocycles. The molecule has 136 valence electrons. The minimum Gasteiger partial charge on any atom is -0.358 e. The number of aryl methyl sites for hydroxylation is 1. The molecule has 0 radical (unpaired) electrons. The second-order valence-corrected chi connectivity index (χ2v) is 8.28. The van der Waals surface area contributed by atoms with Crippen molar-refractivity contribution in [3.05, 3.63) is 64.8 Å². The summed E-state index contributed by atoms with van der Waals surface area (Å²) in [7, 11) is 0. The van der Waals surface area contributed by atoms with Gasteiger partial charge in [0.1, 0.15) is 5.01 Å². The number of benzene rings is 2. The van der Waals surface area contributed by atoms with Gasteiger partial charge in [-0.15, -0.1) is 11.3 Å². The number of aromatic amines is 1. The van der Waals surface area contributed by atoms with Crippen molar-refractivity contribution in [1.29, 1.82) is 0 Å². The maximum absolute atomic E-state index is 13.2. The number of nitrogens with one attached hydrogen (secondary N) is 1. The first kappa shape index (κ1) is 16.5. The van der Waals surface area contributed by atoms with Crippen LogP contribution in [0.15, 0.2) is 48.5 Å². The van der Waals surface area contributed by atoms with Gasteiger partial charge >= 0.3 is 0 Å². The van der Waals surface area contributed by atoms with E-state index < -0.39 is 0 Å². The van der Waals surface area contributed by atoms with Crippen molar-refractivity contribution in [1.82, 2.24) is 14.9 Å². The molecule has 1 unspecified atom stereocenters. The summed E-state index contributed by atoms with van der Waals surface area (Å²) in [4.78, 5) is 23.4. The van der Waals surface area contributed by atoms with Gasteiger partial charge in [0.25, 0.3) is 0 Å². The van der Waals surface area contributed by atoms with Crippen LogP contribution >= 0.6 is 11.3 Å². The fourth-order valence-electron chi connectivity index (χ4n) is 4.17. The largest absolute Gasteiger partial charge is 0.358 e. The Balaban J connectivity index is 1.44. The Labute approximate surface area is 161 Å². The number of thiazole rings is 1. The lowest BCUT2D eigenvalue weighted by molar-refractivity contribution is -0.131. The summed E-state index contributed by atoms with van der Waals surface area (Å²) >= 11 is 1.72. The molecule has 1 amide bonds. The molecule has 27 heavy (non-hydrogen) atoms. The zero-order valence-corrected chi connectivity index (χ0v) is 16.1. The van der Waals surface area contributed by atoms with E-state index >= 15 is 0 Å². The van der Waals surface area contributed by atoms with Crippen molar-refractivity contribution in [2.45, 2.75) is 32.2 Å². The van der Waals surface area contributed by atoms with E-state index in [1.54, 1.807) is 11.3 Å². The average molecular weight is 375 g/mol. The van der Waals surface area contributed by atoms with E-state index in [0.29, 0.717) is 6.42 Å². The van der Waals surface area contributed by atoms with Crippen LogP contribution in [0.5, 0.6) is 0 Å². The van der Waals surface area contributed by atoms with Gasteiger partial charge in [0.05, 0.1) is 22.7 Å². The fourth-order valence-corrected chi connectivity index (χ4v) is 5.29. The quantitative estimate of drug-likeness (QED) is 0.548. The third-order valence-corrected chi connectivity index (χ3v) is 6.66. The normalized spacial score (nSPS) is 17.2. The molecule has 1 aliphatic rings. The van der Waals surface area contributed by atoms with Crippen molar-refractivity contribution in [3.8, 4) is 0 Å². The fraction of sp³-hybridized carbons (Fsp3) is 0.273. The Morgan fingerprint density at radius 3 is 2.93 bits per heavy atom. The van der Waals surface area contributed by atoms with Gasteiger partial charge in [0, 0.05) is 23.1 Å². The molecule has 2 aromatic heterocycles. The highest BCUT2D eigenvalue weighted by Gasteiger charge is 2.32. The average Bonchev–Trinajstić information content (AvgIpc) is 3.38. The van der Waals surface area contributed by atoms with Crippen LogP contribution in [-0.2, 0) is 11.2 Å². The van der Waals surface area contributed by atoms with Gasteiger partial charge in [-0.2, -0.15) is 0 Å². The number of para-hydroxylation sites is 2. The summed E-state index contributed by atoms with van der Waals surface area (Å²) in [5.74, 6) is 0.199. The molecule has 0 spiro atoms. The Kier molecular flexibility index (Phi) is 3.97. The van der Waals surface area contributed by atoms with Crippen LogP contribution in [0.2, 0.25) is 0 Å². The zero-order chi connectivity index (χ0) is 18.4. The molecule has 0 bridgehead atoms. The molecule has 1 saturated heterocycles. The second-order valence-electron chi connectivity index (χ2n) is 7.22. The van der Waals surface area contributed by atoms with E-state index in [-0.39, 0.29) is 11.9 Å². The van der Waals surface area contributed by atoms with E-state index in [1.165, 1.54) is 4.70 Å². The molecule has 4 nitrogen and oxygen atoms in total. The first-order valence-corrected chi connectivity index (χ1v) is 10.2. The van der Waals surface area contributed by atoms with Crippen LogP contribution in [0, 0.1) is 6.92 Å². The molecule has 0 aliphatic carbocycles. The molecule has 1 fully saturated rings. The van der Waals surface area contributed by atoms with E-state index in [1.807, 2.05) is 35.2 Å². The lowest BCUT2D eigenvalue weighted by atomic mass is 10.1. The van der Waals surface area contributed by atoms with Gasteiger partial charge in [0.15, 0.2) is 0 Å². The molecule has 5 heteroatoms. The number of amides is 1. The SMILES string of the molecule is Cc1[nH]c2ccccc2c1CC(=O)N1CCCC1c1nc2ccccc2s1. The van der Waals surface area contributed by atoms with E-state index in [2.05, 4.69) is 30.1 Å². The monoisotopic (exact) mass is 375 g/mol. The molecule has 2 aromatic carbocycles. The molecule has 0 saturated carbocycles. The maximum Gasteiger partial charge on any atom is 0.227 e. The number of aromatic nitrogens is 2. The van der Waals surface area contributed by atoms with Crippen molar-refractivity contribution in [2.24, 2.45) is 0 Å². The molecule has 5 rings (SSSR count). The minimum absolute atomic E-state index is 0.111. The number of carbonyl (C=O) groups excluding carboxylic acids is 1. The highest BCUT2D eigenvalue weighted by atomic mass is 32.1. The van der Waals surface area contributed by atoms with E-state index in [0.717, 1.165) is 52.1 Å². The number of hydrogen-bond acceptors (Lipinski definition) is 3. The van der Waals surface area contributed by atoms with Crippen LogP contribution in [0.1, 0.15) is 35.1 Å². The molecule has 1 atom stereocenters. The van der Waals surface area contributed by atoms with Gasteiger partial charge in [-0.1, -0.05) is 30.3 Å². The molecule has 1 aliphatic heterocycles. The van der Waals surface area contributed by atoms with Crippen molar-refractivity contribution in [3.63, 3.8) is 0 Å². The lowest BCUT2D eigenvalue weighted by Crippen LogP contribution is -2.31. The Morgan fingerprint density at radius 2 is 2.04 bits per heavy atom. The van der Waals surface area contributed by atoms with Crippen LogP contribution < -0.4 is 0 Å². The third-order valence-electron chi connectivity index (χ3n) is 5.52. The number of likely N-dealkylation sites (tertiary alicyclic amines) is 1. The topological polar surface area (TPSA) is 49.0 Å². The highest BCUT2D eigenvalue weighted by molar-refractivity contribution is 7.18. The van der Waals surface area contributed by atoms with Crippen LogP contribution in [0.3, 0.4) is 0 Å². The maximum atomic E-state index is 13.2. The smallest absolute Gasteiger partial charge is 0.227 e. The lowest BCUT2D eigenvalue weighted by Gasteiger charge is -2.23. The van der Waals surface area contributed by atoms with Crippen LogP contribution in [0.4, 0.5) is 0 Å². The zero-order valence-electron chi connectivity index (χ0n) is 15.2. The predicted octanol–water partition coefficient (Wildman–Crippen LogP) is 4.99. The molecule has 1 N–H and O–H groups in total. The summed E-state index contributed by atoms with van der Waals surface area (Å²) in [5, 5.41) is 2.22. The third kappa shape index (κ3) is 2.82. The Bertz CT molecular complexity index is 1110. The second kappa shape index (κ2) is 6.50. The standard InChI is InChI=1S/C22H21N3OS/c1-14-16(15-7-2-3-8-17(15)23-14)13-21(26)25-12-6-10-19(25)22-24-18-9-4-5-11-20(18)27-22/h2-5,7-9,11,19,23H,6,10,12-13H2,1H3. The van der Waals surface area contributed by atoms with Gasteiger partial charge in [0.2, 0.25) is 5.91 Å². The summed E-state index contributed by atoms with van der Waals surface area (Å²) < 4.78 is 1.19. The van der Waals surface area contributed by atoms with Gasteiger partial charge in [-0.3, -0.25) is 4.79 Å². The molecular formula is C22H21N3OS. The number of hydrogen-bond donors (Lipinski definition) is 1. The number of rotatable bonds is 3. The number of fused-ring (bicyclic) bond motifs is 2. The van der Waals surface area contributed by atoms with Crippen molar-refractivity contribution in [2.75, 3.05) is 6.54 Å². The summed E-state index contributed by atoms with van der Waals surface area (Å²) in [6, 6.07) is 16.5. The number of nitrogens with zero attached hydrogens (tertiary/aromatic N) is 2. The highest BCUT2D eigenvalue weighted by Crippen LogP contribution is 2.37. The van der Waals surface area contributed by atoms with Crippen molar-refractivity contribution >= 4 is 38.4 Å². The first-order chi connectivity index (χ1) is 13.2. The van der Waals surface area contributed by atoms with Crippen LogP contribution in [-0.4, -0.2) is 27.3 Å². The summed E-state index contributed by atoms with van der Waals surface area (Å²) in [5.41, 5.74) is 4.33. The Morgan fingerprint density at radius 1 is 1.22 bits per heavy atom. The van der Waals surface area contributed by atoms with Gasteiger partial charge < -0.3 is 9.88 Å². The minimum atomic E-state index is 0.111. The van der Waals surface area contributed by atoms with E-state index in [9.17, 15) is 4.79 Å². The molecular weight excluding hydrogens is 354 g/mol. The molecule has 4 aromatic rings. The summed E-state index contributed by atoms with van der Waals surface area (Å²) in [6.07, 6.45) is 2.48. The van der Waals surface area contributed by atoms with Crippen LogP contribution in [0.25, 0.3) is 21.1 Å². The number of H-pyrrole nitrogens is 1. The van der Waals surface area contributed by atoms with Crippen molar-refractivity contribution < 1.29 is 4.79 Å².